The first-order valence-corrected chi connectivity index (χ1v) is 7.72. The van der Waals surface area contributed by atoms with E-state index in [1.165, 1.54) is 0 Å². The minimum Gasteiger partial charge on any atom is -0.369 e. The van der Waals surface area contributed by atoms with Gasteiger partial charge in [0.15, 0.2) is 0 Å². The van der Waals surface area contributed by atoms with Crippen LogP contribution in [0.2, 0.25) is 0 Å². The van der Waals surface area contributed by atoms with Gasteiger partial charge in [0, 0.05) is 11.7 Å². The van der Waals surface area contributed by atoms with Gasteiger partial charge in [0.25, 0.3) is 5.91 Å². The van der Waals surface area contributed by atoms with Crippen LogP contribution in [0.15, 0.2) is 23.0 Å². The van der Waals surface area contributed by atoms with E-state index in [-0.39, 0.29) is 11.7 Å². The van der Waals surface area contributed by atoms with Crippen molar-refractivity contribution in [1.29, 1.82) is 0 Å². The number of carbonyl (C=O) groups excluding carboxylic acids is 2. The molecule has 7 nitrogen and oxygen atoms in total. The first-order valence-electron chi connectivity index (χ1n) is 7.72. The van der Waals surface area contributed by atoms with E-state index in [1.54, 1.807) is 6.07 Å². The van der Waals surface area contributed by atoms with E-state index in [0.29, 0.717) is 30.9 Å². The van der Waals surface area contributed by atoms with Crippen LogP contribution in [0, 0.1) is 11.8 Å². The van der Waals surface area contributed by atoms with Crippen LogP contribution in [0.5, 0.6) is 0 Å². The topological polar surface area (TPSA) is 118 Å². The molecule has 0 spiro atoms. The maximum atomic E-state index is 12.4. The number of hydrogen-bond acceptors (Lipinski definition) is 4. The minimum absolute atomic E-state index is 0.0576. The summed E-state index contributed by atoms with van der Waals surface area (Å²) in [5.41, 5.74) is 5.55. The standard InChI is InChI=1S/C16H22N4O3/c1-9(2)7-10-8-13(20-16(23)18-10)15(22)19-12-6-4-3-5-11(12)14(17)21/h3-4,8-9,11-12H,5-7H2,1-2H3,(H2,17,21)(H,19,22)(H,18,20,23)/t11-,12-/m1/s1. The number of carbonyl (C=O) groups is 2. The van der Waals surface area contributed by atoms with Crippen LogP contribution in [0.1, 0.15) is 42.9 Å². The summed E-state index contributed by atoms with van der Waals surface area (Å²) in [5, 5.41) is 2.77. The Labute approximate surface area is 134 Å². The summed E-state index contributed by atoms with van der Waals surface area (Å²) in [6.07, 6.45) is 5.46. The van der Waals surface area contributed by atoms with Gasteiger partial charge in [0.05, 0.1) is 5.92 Å². The van der Waals surface area contributed by atoms with Gasteiger partial charge < -0.3 is 16.0 Å². The Bertz CT molecular complexity index is 678. The third-order valence-electron chi connectivity index (χ3n) is 3.78. The fraction of sp³-hybridized carbons (Fsp3) is 0.500. The Balaban J connectivity index is 2.17. The number of aromatic amines is 1. The SMILES string of the molecule is CC(C)Cc1cc(C(=O)N[C@@H]2CC=CC[C@H]2C(N)=O)nc(=O)[nH]1. The third kappa shape index (κ3) is 4.51. The molecular formula is C16H22N4O3. The van der Waals surface area contributed by atoms with Crippen LogP contribution < -0.4 is 16.7 Å². The molecule has 0 bridgehead atoms. The Morgan fingerprint density at radius 2 is 2.09 bits per heavy atom. The van der Waals surface area contributed by atoms with Crippen molar-refractivity contribution in [3.05, 3.63) is 40.1 Å². The molecule has 1 aliphatic rings. The fourth-order valence-electron chi connectivity index (χ4n) is 2.70. The lowest BCUT2D eigenvalue weighted by molar-refractivity contribution is -0.122. The molecule has 1 heterocycles. The summed E-state index contributed by atoms with van der Waals surface area (Å²) in [5.74, 6) is -1.01. The van der Waals surface area contributed by atoms with E-state index in [9.17, 15) is 14.4 Å². The Hall–Kier alpha value is -2.44. The minimum atomic E-state index is -0.553. The van der Waals surface area contributed by atoms with Crippen LogP contribution >= 0.6 is 0 Å². The highest BCUT2D eigenvalue weighted by Crippen LogP contribution is 2.19. The lowest BCUT2D eigenvalue weighted by Gasteiger charge is -2.26. The predicted octanol–water partition coefficient (Wildman–Crippen LogP) is 0.518. The Kier molecular flexibility index (Phi) is 5.31. The Morgan fingerprint density at radius 1 is 1.39 bits per heavy atom. The molecule has 1 aliphatic carbocycles. The monoisotopic (exact) mass is 318 g/mol. The molecule has 7 heteroatoms. The van der Waals surface area contributed by atoms with Crippen molar-refractivity contribution in [2.24, 2.45) is 17.6 Å². The molecule has 0 fully saturated rings. The van der Waals surface area contributed by atoms with Gasteiger partial charge >= 0.3 is 5.69 Å². The zero-order chi connectivity index (χ0) is 17.0. The predicted molar refractivity (Wildman–Crippen MR) is 85.7 cm³/mol. The van der Waals surface area contributed by atoms with Gasteiger partial charge in [-0.05, 0) is 31.2 Å². The number of amides is 2. The zero-order valence-corrected chi connectivity index (χ0v) is 13.3. The average molecular weight is 318 g/mol. The quantitative estimate of drug-likeness (QED) is 0.686. The van der Waals surface area contributed by atoms with Gasteiger partial charge in [-0.25, -0.2) is 4.79 Å². The molecule has 23 heavy (non-hydrogen) atoms. The number of H-pyrrole nitrogens is 1. The number of nitrogens with zero attached hydrogens (tertiary/aromatic N) is 1. The fourth-order valence-corrected chi connectivity index (χ4v) is 2.70. The number of aromatic nitrogens is 2. The smallest absolute Gasteiger partial charge is 0.345 e. The number of primary amides is 1. The van der Waals surface area contributed by atoms with Crippen molar-refractivity contribution in [2.75, 3.05) is 0 Å². The number of allylic oxidation sites excluding steroid dienone is 1. The van der Waals surface area contributed by atoms with Crippen molar-refractivity contribution in [2.45, 2.75) is 39.2 Å². The second-order valence-corrected chi connectivity index (χ2v) is 6.23. The van der Waals surface area contributed by atoms with Gasteiger partial charge in [0.2, 0.25) is 5.91 Å². The van der Waals surface area contributed by atoms with Crippen molar-refractivity contribution < 1.29 is 9.59 Å². The molecule has 2 atom stereocenters. The summed E-state index contributed by atoms with van der Waals surface area (Å²) in [6, 6.07) is 1.20. The van der Waals surface area contributed by atoms with Crippen LogP contribution in [-0.4, -0.2) is 27.8 Å². The molecule has 2 rings (SSSR count). The molecule has 4 N–H and O–H groups in total. The second-order valence-electron chi connectivity index (χ2n) is 6.23. The highest BCUT2D eigenvalue weighted by molar-refractivity contribution is 5.93. The highest BCUT2D eigenvalue weighted by atomic mass is 16.2. The summed E-state index contributed by atoms with van der Waals surface area (Å²) >= 11 is 0. The molecule has 0 unspecified atom stereocenters. The number of nitrogens with one attached hydrogen (secondary N) is 2. The average Bonchev–Trinajstić information content (AvgIpc) is 2.46. The summed E-state index contributed by atoms with van der Waals surface area (Å²) in [7, 11) is 0. The Morgan fingerprint density at radius 3 is 2.74 bits per heavy atom. The van der Waals surface area contributed by atoms with Gasteiger partial charge in [0.1, 0.15) is 5.69 Å². The van der Waals surface area contributed by atoms with Gasteiger partial charge in [-0.15, -0.1) is 0 Å². The lowest BCUT2D eigenvalue weighted by atomic mass is 9.88. The van der Waals surface area contributed by atoms with Crippen molar-refractivity contribution in [3.8, 4) is 0 Å². The summed E-state index contributed by atoms with van der Waals surface area (Å²) in [6.45, 7) is 4.04. The van der Waals surface area contributed by atoms with E-state index in [1.807, 2.05) is 26.0 Å². The maximum Gasteiger partial charge on any atom is 0.345 e. The molecule has 0 saturated heterocycles. The molecule has 0 radical (unpaired) electrons. The van der Waals surface area contributed by atoms with Crippen LogP contribution in [0.3, 0.4) is 0 Å². The van der Waals surface area contributed by atoms with Crippen LogP contribution in [0.25, 0.3) is 0 Å². The molecule has 124 valence electrons. The molecule has 2 amide bonds. The third-order valence-corrected chi connectivity index (χ3v) is 3.78. The van der Waals surface area contributed by atoms with E-state index in [0.717, 1.165) is 0 Å². The molecule has 1 aromatic rings. The van der Waals surface area contributed by atoms with Gasteiger partial charge in [-0.1, -0.05) is 26.0 Å². The van der Waals surface area contributed by atoms with Crippen molar-refractivity contribution in [1.82, 2.24) is 15.3 Å². The molecule has 0 aliphatic heterocycles. The molecule has 0 saturated carbocycles. The van der Waals surface area contributed by atoms with Gasteiger partial charge in [-0.2, -0.15) is 4.98 Å². The normalized spacial score (nSPS) is 20.5. The molecule has 0 aromatic carbocycles. The van der Waals surface area contributed by atoms with Crippen LogP contribution in [-0.2, 0) is 11.2 Å². The van der Waals surface area contributed by atoms with E-state index in [4.69, 9.17) is 5.73 Å². The van der Waals surface area contributed by atoms with Crippen LogP contribution in [0.4, 0.5) is 0 Å². The molecular weight excluding hydrogens is 296 g/mol. The summed E-state index contributed by atoms with van der Waals surface area (Å²) < 4.78 is 0. The molecule has 1 aromatic heterocycles. The highest BCUT2D eigenvalue weighted by Gasteiger charge is 2.29. The first-order chi connectivity index (χ1) is 10.9. The van der Waals surface area contributed by atoms with E-state index >= 15 is 0 Å². The van der Waals surface area contributed by atoms with Crippen molar-refractivity contribution in [3.63, 3.8) is 0 Å². The largest absolute Gasteiger partial charge is 0.369 e. The van der Waals surface area contributed by atoms with E-state index in [2.05, 4.69) is 15.3 Å². The lowest BCUT2D eigenvalue weighted by Crippen LogP contribution is -2.46. The van der Waals surface area contributed by atoms with Gasteiger partial charge in [-0.3, -0.25) is 9.59 Å². The number of nitrogens with two attached hydrogens (primary N) is 1. The maximum absolute atomic E-state index is 12.4. The van der Waals surface area contributed by atoms with E-state index < -0.39 is 23.4 Å². The van der Waals surface area contributed by atoms with Crippen molar-refractivity contribution >= 4 is 11.8 Å². The number of rotatable bonds is 5. The summed E-state index contributed by atoms with van der Waals surface area (Å²) in [4.78, 5) is 41.8. The number of hydrogen-bond donors (Lipinski definition) is 3. The second kappa shape index (κ2) is 7.21. The first kappa shape index (κ1) is 16.9. The zero-order valence-electron chi connectivity index (χ0n) is 13.3.